The number of fused-ring (bicyclic) bond motifs is 7. The number of halogens is 1. The van der Waals surface area contributed by atoms with E-state index in [1.807, 2.05) is 0 Å². The van der Waals surface area contributed by atoms with Gasteiger partial charge in [0.25, 0.3) is 0 Å². The number of aromatic nitrogens is 2. The van der Waals surface area contributed by atoms with Crippen LogP contribution in [-0.2, 0) is 9.59 Å². The molecule has 2 heterocycles. The molecule has 50 heavy (non-hydrogen) atoms. The van der Waals surface area contributed by atoms with Crippen LogP contribution in [0.1, 0.15) is 131 Å². The molecule has 0 unspecified atom stereocenters. The molecule has 270 valence electrons. The Bertz CT molecular complexity index is 1740. The summed E-state index contributed by atoms with van der Waals surface area (Å²) >= 11 is 0. The highest BCUT2D eigenvalue weighted by Crippen LogP contribution is 2.76. The second kappa shape index (κ2) is 11.3. The van der Waals surface area contributed by atoms with E-state index >= 15 is 4.79 Å². The predicted molar refractivity (Wildman–Crippen MR) is 193 cm³/mol. The number of amides is 1. The van der Waals surface area contributed by atoms with Crippen LogP contribution >= 0.6 is 0 Å². The Morgan fingerprint density at radius 1 is 0.940 bits per heavy atom. The number of carbonyl (C=O) groups excluding carboxylic acids is 2. The maximum Gasteiger partial charge on any atom is 0.234 e. The summed E-state index contributed by atoms with van der Waals surface area (Å²) in [5.41, 5.74) is 3.22. The van der Waals surface area contributed by atoms with Gasteiger partial charge < -0.3 is 15.0 Å². The number of hydrogen-bond donors (Lipinski definition) is 2. The lowest BCUT2D eigenvalue weighted by molar-refractivity contribution is -0.228. The average molecular weight is 684 g/mol. The fraction of sp³-hybridized carbons (Fsp3) is 0.698. The SMILES string of the molecule is CC(C)C1=C2[C@H]3CC[C@@H]4[C@@]5(C)CC[C@H](O)C(C)(C)[C@@H]5CC[C@@]4(C)[C@]3(C)CC[C@@]2(C(=O)N2CCC[C@H]2c2ncc(-c3ccc(F)cc3)[nH]2)CC1=O. The fourth-order valence-electron chi connectivity index (χ4n) is 13.7. The Morgan fingerprint density at radius 2 is 1.68 bits per heavy atom. The van der Waals surface area contributed by atoms with Crippen LogP contribution in [0.4, 0.5) is 4.39 Å². The van der Waals surface area contributed by atoms with Gasteiger partial charge in [-0.05, 0) is 151 Å². The van der Waals surface area contributed by atoms with E-state index < -0.39 is 5.41 Å². The van der Waals surface area contributed by atoms with Gasteiger partial charge in [-0.25, -0.2) is 9.37 Å². The van der Waals surface area contributed by atoms with Crippen LogP contribution in [0.3, 0.4) is 0 Å². The number of allylic oxidation sites excluding steroid dienone is 1. The maximum absolute atomic E-state index is 15.3. The molecule has 8 rings (SSSR count). The second-order valence-electron chi connectivity index (χ2n) is 19.0. The smallest absolute Gasteiger partial charge is 0.234 e. The van der Waals surface area contributed by atoms with Gasteiger partial charge in [0.05, 0.1) is 29.5 Å². The van der Waals surface area contributed by atoms with Gasteiger partial charge >= 0.3 is 0 Å². The number of carbonyl (C=O) groups is 2. The molecule has 5 aliphatic carbocycles. The zero-order valence-corrected chi connectivity index (χ0v) is 31.4. The lowest BCUT2D eigenvalue weighted by Crippen LogP contribution is -2.66. The Hall–Kier alpha value is -2.80. The van der Waals surface area contributed by atoms with Crippen LogP contribution < -0.4 is 0 Å². The monoisotopic (exact) mass is 683 g/mol. The van der Waals surface area contributed by atoms with Gasteiger partial charge in [-0.2, -0.15) is 0 Å². The molecule has 0 bridgehead atoms. The summed E-state index contributed by atoms with van der Waals surface area (Å²) in [4.78, 5) is 39.9. The first-order valence-electron chi connectivity index (χ1n) is 19.7. The summed E-state index contributed by atoms with van der Waals surface area (Å²) in [5.74, 6) is 2.15. The van der Waals surface area contributed by atoms with Crippen molar-refractivity contribution in [1.29, 1.82) is 0 Å². The number of benzene rings is 1. The molecular formula is C43H58FN3O3. The summed E-state index contributed by atoms with van der Waals surface area (Å²) in [6.45, 7) is 17.2. The minimum Gasteiger partial charge on any atom is -0.393 e. The van der Waals surface area contributed by atoms with Crippen molar-refractivity contribution in [2.45, 2.75) is 131 Å². The molecule has 0 radical (unpaired) electrons. The molecule has 2 N–H and O–H groups in total. The largest absolute Gasteiger partial charge is 0.393 e. The number of rotatable bonds is 4. The van der Waals surface area contributed by atoms with Crippen molar-refractivity contribution in [2.75, 3.05) is 6.54 Å². The molecule has 1 aromatic heterocycles. The second-order valence-corrected chi connectivity index (χ2v) is 19.0. The number of imidazole rings is 1. The molecule has 6 aliphatic rings. The third-order valence-electron chi connectivity index (χ3n) is 16.4. The first-order valence-corrected chi connectivity index (χ1v) is 19.7. The number of hydrogen-bond acceptors (Lipinski definition) is 4. The third-order valence-corrected chi connectivity index (χ3v) is 16.4. The highest BCUT2D eigenvalue weighted by atomic mass is 19.1. The number of likely N-dealkylation sites (tertiary alicyclic amines) is 1. The molecule has 0 spiro atoms. The lowest BCUT2D eigenvalue weighted by atomic mass is 9.33. The number of aromatic amines is 1. The van der Waals surface area contributed by atoms with Gasteiger partial charge in [0, 0.05) is 13.0 Å². The Morgan fingerprint density at radius 3 is 2.40 bits per heavy atom. The fourth-order valence-corrected chi connectivity index (χ4v) is 13.7. The van der Waals surface area contributed by atoms with Crippen molar-refractivity contribution in [3.63, 3.8) is 0 Å². The van der Waals surface area contributed by atoms with Crippen LogP contribution in [-0.4, -0.2) is 44.3 Å². The minimum absolute atomic E-state index is 0.0105. The van der Waals surface area contributed by atoms with Crippen LogP contribution in [0.5, 0.6) is 0 Å². The Balaban J connectivity index is 1.15. The molecule has 1 aromatic carbocycles. The predicted octanol–water partition coefficient (Wildman–Crippen LogP) is 9.22. The van der Waals surface area contributed by atoms with Gasteiger partial charge in [0.2, 0.25) is 5.91 Å². The molecule has 1 saturated heterocycles. The van der Waals surface area contributed by atoms with Gasteiger partial charge in [-0.15, -0.1) is 0 Å². The van der Waals surface area contributed by atoms with Crippen molar-refractivity contribution in [1.82, 2.24) is 14.9 Å². The molecule has 2 aromatic rings. The maximum atomic E-state index is 15.3. The number of nitrogens with one attached hydrogen (secondary N) is 1. The van der Waals surface area contributed by atoms with E-state index in [1.165, 1.54) is 17.7 Å². The summed E-state index contributed by atoms with van der Waals surface area (Å²) in [6.07, 6.45) is 11.6. The molecule has 9 atom stereocenters. The zero-order chi connectivity index (χ0) is 35.6. The number of nitrogens with zero attached hydrogens (tertiary/aromatic N) is 2. The number of aliphatic hydroxyl groups is 1. The Kier molecular flexibility index (Phi) is 7.78. The van der Waals surface area contributed by atoms with Crippen molar-refractivity contribution < 1.29 is 19.1 Å². The normalized spacial score (nSPS) is 40.8. The van der Waals surface area contributed by atoms with Crippen LogP contribution in [0.25, 0.3) is 11.3 Å². The number of H-pyrrole nitrogens is 1. The molecule has 1 aliphatic heterocycles. The van der Waals surface area contributed by atoms with E-state index in [-0.39, 0.29) is 63.1 Å². The van der Waals surface area contributed by atoms with Crippen molar-refractivity contribution >= 4 is 11.7 Å². The van der Waals surface area contributed by atoms with Crippen LogP contribution in [0.2, 0.25) is 0 Å². The molecule has 7 heteroatoms. The van der Waals surface area contributed by atoms with E-state index in [0.717, 1.165) is 86.9 Å². The third kappa shape index (κ3) is 4.49. The Labute approximate surface area is 298 Å². The van der Waals surface area contributed by atoms with E-state index in [9.17, 15) is 14.3 Å². The highest BCUT2D eigenvalue weighted by molar-refractivity contribution is 6.07. The summed E-state index contributed by atoms with van der Waals surface area (Å²) < 4.78 is 13.6. The first kappa shape index (κ1) is 34.3. The van der Waals surface area contributed by atoms with Gasteiger partial charge in [-0.1, -0.05) is 48.5 Å². The molecular weight excluding hydrogens is 625 g/mol. The average Bonchev–Trinajstić information content (AvgIpc) is 3.81. The number of Topliss-reactive ketones (excluding diaryl/α,β-unsaturated/α-hetero) is 1. The number of aliphatic hydroxyl groups excluding tert-OH is 1. The van der Waals surface area contributed by atoms with E-state index in [0.29, 0.717) is 24.8 Å². The molecule has 4 saturated carbocycles. The van der Waals surface area contributed by atoms with Gasteiger partial charge in [-0.3, -0.25) is 9.59 Å². The summed E-state index contributed by atoms with van der Waals surface area (Å²) in [7, 11) is 0. The van der Waals surface area contributed by atoms with Gasteiger partial charge in [0.15, 0.2) is 5.78 Å². The van der Waals surface area contributed by atoms with Crippen LogP contribution in [0.15, 0.2) is 41.6 Å². The first-order chi connectivity index (χ1) is 23.6. The quantitative estimate of drug-likeness (QED) is 0.337. The lowest BCUT2D eigenvalue weighted by Gasteiger charge is -2.72. The van der Waals surface area contributed by atoms with Gasteiger partial charge in [0.1, 0.15) is 11.6 Å². The van der Waals surface area contributed by atoms with Crippen molar-refractivity contribution in [3.8, 4) is 11.3 Å². The number of ketones is 1. The minimum atomic E-state index is -0.781. The molecule has 1 amide bonds. The summed E-state index contributed by atoms with van der Waals surface area (Å²) in [5, 5.41) is 11.1. The summed E-state index contributed by atoms with van der Waals surface area (Å²) in [6, 6.07) is 6.23. The topological polar surface area (TPSA) is 86.3 Å². The molecule has 6 nitrogen and oxygen atoms in total. The van der Waals surface area contributed by atoms with Crippen molar-refractivity contribution in [3.05, 3.63) is 53.3 Å². The van der Waals surface area contributed by atoms with Crippen LogP contribution in [0, 0.1) is 56.6 Å². The zero-order valence-electron chi connectivity index (χ0n) is 31.4. The van der Waals surface area contributed by atoms with E-state index in [2.05, 4.69) is 58.4 Å². The molecule has 5 fully saturated rings. The van der Waals surface area contributed by atoms with Crippen molar-refractivity contribution in [2.24, 2.45) is 50.7 Å². The van der Waals surface area contributed by atoms with E-state index in [4.69, 9.17) is 4.98 Å². The standard InChI is InChI=1S/C43H58FN3O3/c1-25(2)35-31(48)23-43(38(50)47-22-8-9-30(47)37-45-24-29(46-37)26-10-12-27(44)13-11-26)21-20-41(6)28(36(35)43)14-15-33-40(5)18-17-34(49)39(3,4)32(40)16-19-42(33,41)7/h10-13,24-25,28,30,32-34,49H,8-9,14-23H2,1-7H3,(H,45,46)/t28-,30+,32+,33-,34+,40+,41-,42-,43-/m1/s1. The highest BCUT2D eigenvalue weighted by Gasteiger charge is 2.71. The van der Waals surface area contributed by atoms with E-state index in [1.54, 1.807) is 18.3 Å².